The fourth-order valence-electron chi connectivity index (χ4n) is 1.41. The molecule has 1 atom stereocenters. The van der Waals surface area contributed by atoms with Crippen LogP contribution in [0.3, 0.4) is 0 Å². The lowest BCUT2D eigenvalue weighted by atomic mass is 10.4. The normalized spacial score (nSPS) is 24.5. The summed E-state index contributed by atoms with van der Waals surface area (Å²) in [5, 5.41) is 0.210. The van der Waals surface area contributed by atoms with Gasteiger partial charge in [0.1, 0.15) is 0 Å². The van der Waals surface area contributed by atoms with Crippen molar-refractivity contribution in [2.75, 3.05) is 32.4 Å². The van der Waals surface area contributed by atoms with Crippen LogP contribution in [0.2, 0.25) is 0 Å². The Morgan fingerprint density at radius 3 is 2.00 bits per heavy atom. The molecule has 1 saturated heterocycles. The van der Waals surface area contributed by atoms with Crippen molar-refractivity contribution in [3.05, 3.63) is 0 Å². The second-order valence-electron chi connectivity index (χ2n) is 3.33. The maximum Gasteiger partial charge on any atom is 0.211 e. The van der Waals surface area contributed by atoms with E-state index in [9.17, 15) is 8.42 Å². The smallest absolute Gasteiger partial charge is 0.211 e. The molecule has 1 heterocycles. The van der Waals surface area contributed by atoms with Gasteiger partial charge in [-0.3, -0.25) is 4.90 Å². The van der Waals surface area contributed by atoms with E-state index in [1.807, 2.05) is 6.92 Å². The first-order valence-electron chi connectivity index (χ1n) is 4.28. The van der Waals surface area contributed by atoms with E-state index in [-0.39, 0.29) is 5.37 Å². The fourth-order valence-corrected chi connectivity index (χ4v) is 2.47. The summed E-state index contributed by atoms with van der Waals surface area (Å²) in [5.74, 6) is 0. The quantitative estimate of drug-likeness (QED) is 0.663. The topological polar surface area (TPSA) is 40.6 Å². The van der Waals surface area contributed by atoms with Gasteiger partial charge in [-0.2, -0.15) is 16.9 Å². The highest BCUT2D eigenvalue weighted by Crippen LogP contribution is 2.10. The van der Waals surface area contributed by atoms with Crippen molar-refractivity contribution in [1.82, 2.24) is 9.21 Å². The van der Waals surface area contributed by atoms with E-state index >= 15 is 0 Å². The van der Waals surface area contributed by atoms with Gasteiger partial charge >= 0.3 is 0 Å². The molecule has 0 radical (unpaired) electrons. The van der Waals surface area contributed by atoms with Crippen molar-refractivity contribution in [2.45, 2.75) is 12.3 Å². The summed E-state index contributed by atoms with van der Waals surface area (Å²) < 4.78 is 23.8. The third kappa shape index (κ3) is 3.12. The van der Waals surface area contributed by atoms with Gasteiger partial charge in [-0.1, -0.05) is 0 Å². The Morgan fingerprint density at radius 2 is 1.69 bits per heavy atom. The number of sulfonamides is 1. The van der Waals surface area contributed by atoms with Crippen molar-refractivity contribution in [2.24, 2.45) is 0 Å². The Morgan fingerprint density at radius 1 is 1.23 bits per heavy atom. The number of nitrogens with zero attached hydrogens (tertiary/aromatic N) is 2. The van der Waals surface area contributed by atoms with Gasteiger partial charge in [0.2, 0.25) is 10.0 Å². The molecule has 1 rings (SSSR count). The predicted molar refractivity (Wildman–Crippen MR) is 56.4 cm³/mol. The van der Waals surface area contributed by atoms with Gasteiger partial charge in [0.15, 0.2) is 0 Å². The number of rotatable bonds is 2. The van der Waals surface area contributed by atoms with Crippen LogP contribution in [0, 0.1) is 0 Å². The Kier molecular flexibility index (Phi) is 3.62. The van der Waals surface area contributed by atoms with E-state index in [2.05, 4.69) is 17.5 Å². The Balaban J connectivity index is 2.49. The molecule has 1 fully saturated rings. The van der Waals surface area contributed by atoms with Gasteiger partial charge in [-0.15, -0.1) is 0 Å². The summed E-state index contributed by atoms with van der Waals surface area (Å²) in [4.78, 5) is 2.16. The van der Waals surface area contributed by atoms with Crippen LogP contribution in [0.5, 0.6) is 0 Å². The average molecular weight is 224 g/mol. The zero-order valence-electron chi connectivity index (χ0n) is 7.97. The lowest BCUT2D eigenvalue weighted by molar-refractivity contribution is 0.184. The molecule has 6 heteroatoms. The number of thiol groups is 1. The second-order valence-corrected chi connectivity index (χ2v) is 6.06. The Hall–Kier alpha value is 0.220. The molecule has 0 N–H and O–H groups in total. The van der Waals surface area contributed by atoms with Gasteiger partial charge in [0, 0.05) is 31.6 Å². The van der Waals surface area contributed by atoms with E-state index in [1.54, 1.807) is 0 Å². The Bertz CT molecular complexity index is 256. The lowest BCUT2D eigenvalue weighted by Crippen LogP contribution is -2.49. The SMILES string of the molecule is CC(S)N1CCN(S(C)(=O)=O)CC1. The van der Waals surface area contributed by atoms with E-state index < -0.39 is 10.0 Å². The van der Waals surface area contributed by atoms with E-state index in [4.69, 9.17) is 0 Å². The molecule has 0 aromatic heterocycles. The maximum absolute atomic E-state index is 11.2. The maximum atomic E-state index is 11.2. The first-order valence-corrected chi connectivity index (χ1v) is 6.65. The minimum absolute atomic E-state index is 0.210. The van der Waals surface area contributed by atoms with Crippen LogP contribution in [-0.4, -0.2) is 55.4 Å². The third-order valence-electron chi connectivity index (χ3n) is 2.27. The first-order chi connectivity index (χ1) is 5.91. The molecule has 0 aromatic carbocycles. The van der Waals surface area contributed by atoms with Crippen molar-refractivity contribution in [3.8, 4) is 0 Å². The second kappa shape index (κ2) is 4.16. The van der Waals surface area contributed by atoms with Gasteiger partial charge in [-0.05, 0) is 6.92 Å². The monoisotopic (exact) mass is 224 g/mol. The standard InChI is InChI=1S/C7H16N2O2S2/c1-7(12)8-3-5-9(6-4-8)13(2,10)11/h7,12H,3-6H2,1-2H3. The molecule has 0 aliphatic carbocycles. The van der Waals surface area contributed by atoms with Crippen LogP contribution in [-0.2, 0) is 10.0 Å². The fraction of sp³-hybridized carbons (Fsp3) is 1.00. The van der Waals surface area contributed by atoms with Gasteiger partial charge in [0.05, 0.1) is 6.26 Å². The Labute approximate surface area is 85.4 Å². The van der Waals surface area contributed by atoms with Crippen LogP contribution >= 0.6 is 12.6 Å². The molecule has 1 aliphatic rings. The number of hydrogen-bond acceptors (Lipinski definition) is 4. The molecule has 0 bridgehead atoms. The summed E-state index contributed by atoms with van der Waals surface area (Å²) in [7, 11) is -2.99. The van der Waals surface area contributed by atoms with E-state index in [0.717, 1.165) is 13.1 Å². The van der Waals surface area contributed by atoms with Crippen molar-refractivity contribution < 1.29 is 8.42 Å². The molecule has 13 heavy (non-hydrogen) atoms. The highest BCUT2D eigenvalue weighted by Gasteiger charge is 2.24. The number of piperazine rings is 1. The van der Waals surface area contributed by atoms with Crippen molar-refractivity contribution in [3.63, 3.8) is 0 Å². The van der Waals surface area contributed by atoms with E-state index in [0.29, 0.717) is 13.1 Å². The third-order valence-corrected chi connectivity index (χ3v) is 3.90. The molecular formula is C7H16N2O2S2. The summed E-state index contributed by atoms with van der Waals surface area (Å²) >= 11 is 4.30. The van der Waals surface area contributed by atoms with Gasteiger partial charge in [0.25, 0.3) is 0 Å². The van der Waals surface area contributed by atoms with Crippen LogP contribution in [0.1, 0.15) is 6.92 Å². The van der Waals surface area contributed by atoms with Crippen LogP contribution in [0.4, 0.5) is 0 Å². The average Bonchev–Trinajstić information content (AvgIpc) is 2.03. The minimum atomic E-state index is -2.99. The zero-order valence-corrected chi connectivity index (χ0v) is 9.68. The molecule has 0 amide bonds. The van der Waals surface area contributed by atoms with Gasteiger partial charge in [-0.25, -0.2) is 8.42 Å². The van der Waals surface area contributed by atoms with Crippen molar-refractivity contribution in [1.29, 1.82) is 0 Å². The van der Waals surface area contributed by atoms with Crippen molar-refractivity contribution >= 4 is 22.7 Å². The molecular weight excluding hydrogens is 208 g/mol. The highest BCUT2D eigenvalue weighted by molar-refractivity contribution is 7.88. The molecule has 0 saturated carbocycles. The predicted octanol–water partition coefficient (Wildman–Crippen LogP) is -0.161. The van der Waals surface area contributed by atoms with Crippen LogP contribution in [0.25, 0.3) is 0 Å². The first kappa shape index (κ1) is 11.3. The highest BCUT2D eigenvalue weighted by atomic mass is 32.2. The molecule has 0 spiro atoms. The molecule has 1 unspecified atom stereocenters. The summed E-state index contributed by atoms with van der Waals surface area (Å²) in [6.07, 6.45) is 1.26. The summed E-state index contributed by atoms with van der Waals surface area (Å²) in [6, 6.07) is 0. The van der Waals surface area contributed by atoms with Crippen LogP contribution < -0.4 is 0 Å². The minimum Gasteiger partial charge on any atom is -0.289 e. The lowest BCUT2D eigenvalue weighted by Gasteiger charge is -2.35. The zero-order chi connectivity index (χ0) is 10.1. The molecule has 78 valence electrons. The number of hydrogen-bond donors (Lipinski definition) is 1. The van der Waals surface area contributed by atoms with Crippen LogP contribution in [0.15, 0.2) is 0 Å². The van der Waals surface area contributed by atoms with E-state index in [1.165, 1.54) is 10.6 Å². The van der Waals surface area contributed by atoms with Gasteiger partial charge < -0.3 is 0 Å². The molecule has 0 aromatic rings. The summed E-state index contributed by atoms with van der Waals surface area (Å²) in [6.45, 7) is 4.72. The summed E-state index contributed by atoms with van der Waals surface area (Å²) in [5.41, 5.74) is 0. The molecule has 4 nitrogen and oxygen atoms in total. The largest absolute Gasteiger partial charge is 0.289 e. The molecule has 1 aliphatic heterocycles.